The Labute approximate surface area is 172 Å². The molecule has 0 bridgehead atoms. The molecule has 0 unspecified atom stereocenters. The fourth-order valence-electron chi connectivity index (χ4n) is 2.57. The van der Waals surface area contributed by atoms with Gasteiger partial charge >= 0.3 is 0 Å². The molecular weight excluding hydrogens is 390 g/mol. The van der Waals surface area contributed by atoms with Gasteiger partial charge in [-0.1, -0.05) is 30.3 Å². The molecule has 1 aromatic carbocycles. The number of anilines is 1. The number of nitrogens with one attached hydrogen (secondary N) is 2. The highest BCUT2D eigenvalue weighted by atomic mass is 32.1. The third-order valence-corrected chi connectivity index (χ3v) is 6.05. The molecule has 146 valence electrons. The van der Waals surface area contributed by atoms with E-state index in [1.165, 1.54) is 23.8 Å². The van der Waals surface area contributed by atoms with Crippen LogP contribution in [0.5, 0.6) is 0 Å². The van der Waals surface area contributed by atoms with Crippen LogP contribution in [-0.4, -0.2) is 23.4 Å². The number of rotatable bonds is 7. The summed E-state index contributed by atoms with van der Waals surface area (Å²) in [6.07, 6.45) is 0.845. The second-order valence-corrected chi connectivity index (χ2v) is 8.29. The summed E-state index contributed by atoms with van der Waals surface area (Å²) in [6, 6.07) is 12.3. The molecular formula is C20H23N5OS2. The van der Waals surface area contributed by atoms with Gasteiger partial charge in [0, 0.05) is 23.7 Å². The highest BCUT2D eigenvalue weighted by molar-refractivity contribution is 7.17. The number of carbonyl (C=O) groups excluding carboxylic acids is 1. The first-order valence-electron chi connectivity index (χ1n) is 8.92. The molecule has 28 heavy (non-hydrogen) atoms. The topological polar surface area (TPSA) is 92.4 Å². The molecule has 8 heteroatoms. The Hall–Kier alpha value is -2.71. The summed E-state index contributed by atoms with van der Waals surface area (Å²) in [7, 11) is 0. The zero-order valence-corrected chi connectivity index (χ0v) is 17.5. The van der Waals surface area contributed by atoms with Crippen molar-refractivity contribution < 1.29 is 4.79 Å². The number of amides is 1. The van der Waals surface area contributed by atoms with Gasteiger partial charge in [-0.3, -0.25) is 9.79 Å². The average Bonchev–Trinajstić information content (AvgIpc) is 3.27. The second-order valence-electron chi connectivity index (χ2n) is 6.29. The molecule has 0 aliphatic rings. The van der Waals surface area contributed by atoms with Crippen LogP contribution in [0.3, 0.4) is 0 Å². The minimum Gasteiger partial charge on any atom is -0.370 e. The number of aliphatic imine (C=N–C) groups is 1. The van der Waals surface area contributed by atoms with E-state index >= 15 is 0 Å². The summed E-state index contributed by atoms with van der Waals surface area (Å²) < 4.78 is 0. The van der Waals surface area contributed by atoms with Gasteiger partial charge in [0.25, 0.3) is 0 Å². The summed E-state index contributed by atoms with van der Waals surface area (Å²) in [4.78, 5) is 22.3. The van der Waals surface area contributed by atoms with Crippen molar-refractivity contribution in [1.29, 1.82) is 0 Å². The Balaban J connectivity index is 1.58. The number of nitrogens with two attached hydrogens (primary N) is 1. The van der Waals surface area contributed by atoms with Crippen molar-refractivity contribution in [3.63, 3.8) is 0 Å². The molecule has 6 nitrogen and oxygen atoms in total. The third-order valence-electron chi connectivity index (χ3n) is 4.04. The van der Waals surface area contributed by atoms with Gasteiger partial charge in [0.15, 0.2) is 11.1 Å². The van der Waals surface area contributed by atoms with Crippen molar-refractivity contribution in [2.24, 2.45) is 10.7 Å². The Kier molecular flexibility index (Phi) is 6.78. The van der Waals surface area contributed by atoms with Crippen molar-refractivity contribution >= 4 is 39.7 Å². The van der Waals surface area contributed by atoms with E-state index in [4.69, 9.17) is 5.73 Å². The molecule has 0 saturated carbocycles. The maximum atomic E-state index is 11.1. The predicted octanol–water partition coefficient (Wildman–Crippen LogP) is 3.79. The van der Waals surface area contributed by atoms with Gasteiger partial charge in [0.2, 0.25) is 5.91 Å². The van der Waals surface area contributed by atoms with Crippen molar-refractivity contribution in [3.8, 4) is 10.6 Å². The van der Waals surface area contributed by atoms with Crippen molar-refractivity contribution in [2.75, 3.05) is 11.9 Å². The highest BCUT2D eigenvalue weighted by Gasteiger charge is 2.11. The number of hydrogen-bond acceptors (Lipinski definition) is 5. The van der Waals surface area contributed by atoms with E-state index in [9.17, 15) is 4.79 Å². The Morgan fingerprint density at radius 1 is 1.29 bits per heavy atom. The van der Waals surface area contributed by atoms with Crippen LogP contribution in [0, 0.1) is 6.92 Å². The van der Waals surface area contributed by atoms with E-state index in [0.29, 0.717) is 24.2 Å². The molecule has 2 heterocycles. The van der Waals surface area contributed by atoms with Crippen LogP contribution in [0.15, 0.2) is 46.8 Å². The van der Waals surface area contributed by atoms with E-state index < -0.39 is 0 Å². The molecule has 0 atom stereocenters. The van der Waals surface area contributed by atoms with Crippen LogP contribution in [0.2, 0.25) is 0 Å². The largest absolute Gasteiger partial charge is 0.370 e. The number of nitrogens with zero attached hydrogens (tertiary/aromatic N) is 2. The summed E-state index contributed by atoms with van der Waals surface area (Å²) in [5.41, 5.74) is 9.26. The average molecular weight is 414 g/mol. The minimum atomic E-state index is -0.0310. The van der Waals surface area contributed by atoms with E-state index in [1.54, 1.807) is 11.3 Å². The number of aryl methyl sites for hydroxylation is 1. The molecule has 4 N–H and O–H groups in total. The molecule has 0 aliphatic carbocycles. The Bertz CT molecular complexity index is 962. The molecule has 3 aromatic rings. The third kappa shape index (κ3) is 5.64. The lowest BCUT2D eigenvalue weighted by Gasteiger charge is -2.02. The van der Waals surface area contributed by atoms with Crippen LogP contribution >= 0.6 is 22.7 Å². The highest BCUT2D eigenvalue weighted by Crippen LogP contribution is 2.33. The number of aromatic nitrogens is 1. The lowest BCUT2D eigenvalue weighted by atomic mass is 10.2. The number of hydrogen-bond donors (Lipinski definition) is 3. The second kappa shape index (κ2) is 9.48. The number of benzene rings is 1. The van der Waals surface area contributed by atoms with E-state index in [0.717, 1.165) is 27.4 Å². The zero-order chi connectivity index (χ0) is 19.9. The molecule has 0 spiro atoms. The van der Waals surface area contributed by atoms with Crippen molar-refractivity contribution in [3.05, 3.63) is 57.8 Å². The fourth-order valence-corrected chi connectivity index (χ4v) is 4.44. The molecule has 2 aromatic heterocycles. The first-order chi connectivity index (χ1) is 13.5. The van der Waals surface area contributed by atoms with Gasteiger partial charge in [0.05, 0.1) is 17.1 Å². The van der Waals surface area contributed by atoms with Crippen LogP contribution in [0.4, 0.5) is 5.13 Å². The lowest BCUT2D eigenvalue weighted by molar-refractivity contribution is -0.119. The smallest absolute Gasteiger partial charge is 0.217 e. The van der Waals surface area contributed by atoms with Crippen molar-refractivity contribution in [1.82, 2.24) is 10.3 Å². The molecule has 0 radical (unpaired) electrons. The van der Waals surface area contributed by atoms with Crippen LogP contribution in [0.25, 0.3) is 10.6 Å². The summed E-state index contributed by atoms with van der Waals surface area (Å²) in [5.74, 6) is 0.335. The first kappa shape index (κ1) is 20.0. The van der Waals surface area contributed by atoms with Gasteiger partial charge in [-0.2, -0.15) is 0 Å². The van der Waals surface area contributed by atoms with Crippen LogP contribution < -0.4 is 16.4 Å². The first-order valence-corrected chi connectivity index (χ1v) is 10.6. The monoisotopic (exact) mass is 413 g/mol. The molecule has 0 saturated heterocycles. The van der Waals surface area contributed by atoms with E-state index in [1.807, 2.05) is 30.5 Å². The summed E-state index contributed by atoms with van der Waals surface area (Å²) >= 11 is 3.13. The van der Waals surface area contributed by atoms with Gasteiger partial charge in [0.1, 0.15) is 0 Å². The van der Waals surface area contributed by atoms with Gasteiger partial charge in [-0.15, -0.1) is 22.7 Å². The molecule has 0 fully saturated rings. The van der Waals surface area contributed by atoms with Crippen LogP contribution in [-0.2, 0) is 17.8 Å². The Morgan fingerprint density at radius 2 is 2.07 bits per heavy atom. The number of thiophene rings is 1. The summed E-state index contributed by atoms with van der Waals surface area (Å²) in [6.45, 7) is 4.73. The summed E-state index contributed by atoms with van der Waals surface area (Å²) in [5, 5.41) is 8.61. The van der Waals surface area contributed by atoms with Crippen LogP contribution in [0.1, 0.15) is 22.9 Å². The molecule has 3 rings (SSSR count). The fraction of sp³-hybridized carbons (Fsp3) is 0.250. The standard InChI is InChI=1S/C20H23N5OS2/c1-13-10-17(28-18(13)11-23-14(2)26)16-12-27-20(24-16)25-19(21)22-9-8-15-6-4-3-5-7-15/h3-7,10,12H,8-9,11H2,1-2H3,(H,23,26)(H3,21,22,24,25). The van der Waals surface area contributed by atoms with Gasteiger partial charge in [-0.05, 0) is 30.5 Å². The number of carbonyl (C=O) groups is 1. The molecule has 0 aliphatic heterocycles. The maximum absolute atomic E-state index is 11.1. The molecule has 1 amide bonds. The predicted molar refractivity (Wildman–Crippen MR) is 118 cm³/mol. The quantitative estimate of drug-likeness (QED) is 0.406. The van der Waals surface area contributed by atoms with Crippen molar-refractivity contribution in [2.45, 2.75) is 26.8 Å². The number of thiazole rings is 1. The van der Waals surface area contributed by atoms with E-state index in [2.05, 4.69) is 38.8 Å². The zero-order valence-electron chi connectivity index (χ0n) is 15.9. The van der Waals surface area contributed by atoms with E-state index in [-0.39, 0.29) is 5.91 Å². The lowest BCUT2D eigenvalue weighted by Crippen LogP contribution is -2.23. The van der Waals surface area contributed by atoms with Gasteiger partial charge in [-0.25, -0.2) is 4.98 Å². The SMILES string of the molecule is CC(=O)NCc1sc(-c2csc(NC(N)=NCCc3ccccc3)n2)cc1C. The Morgan fingerprint density at radius 3 is 2.82 bits per heavy atom. The minimum absolute atomic E-state index is 0.0310. The number of guanidine groups is 1. The normalized spacial score (nSPS) is 11.4. The van der Waals surface area contributed by atoms with Gasteiger partial charge < -0.3 is 16.4 Å². The maximum Gasteiger partial charge on any atom is 0.217 e.